The van der Waals surface area contributed by atoms with E-state index in [2.05, 4.69) is 60.8 Å². The fourth-order valence-corrected chi connectivity index (χ4v) is 2.91. The molecule has 156 valence electrons. The van der Waals surface area contributed by atoms with Crippen LogP contribution >= 0.6 is 0 Å². The van der Waals surface area contributed by atoms with Crippen molar-refractivity contribution in [2.45, 2.75) is 26.6 Å². The molecule has 2 aromatic carbocycles. The van der Waals surface area contributed by atoms with E-state index in [0.29, 0.717) is 18.7 Å². The molecule has 0 aliphatic rings. The van der Waals surface area contributed by atoms with Gasteiger partial charge in [-0.2, -0.15) is 0 Å². The van der Waals surface area contributed by atoms with Gasteiger partial charge in [-0.15, -0.1) is 0 Å². The van der Waals surface area contributed by atoms with Crippen LogP contribution in [-0.4, -0.2) is 56.4 Å². The van der Waals surface area contributed by atoms with Gasteiger partial charge in [0, 0.05) is 39.3 Å². The highest BCUT2D eigenvalue weighted by Crippen LogP contribution is 2.09. The molecule has 6 heteroatoms. The molecular formula is C23H33N5O. The number of aliphatic imine (C=N–C) groups is 1. The summed E-state index contributed by atoms with van der Waals surface area (Å²) in [6.45, 7) is 5.03. The van der Waals surface area contributed by atoms with Gasteiger partial charge in [-0.1, -0.05) is 36.4 Å². The summed E-state index contributed by atoms with van der Waals surface area (Å²) < 4.78 is 0. The van der Waals surface area contributed by atoms with Gasteiger partial charge in [0.15, 0.2) is 5.96 Å². The molecule has 2 rings (SSSR count). The van der Waals surface area contributed by atoms with Gasteiger partial charge in [0.25, 0.3) is 5.91 Å². The smallest absolute Gasteiger partial charge is 0.253 e. The van der Waals surface area contributed by atoms with Crippen molar-refractivity contribution in [2.24, 2.45) is 4.99 Å². The standard InChI is InChI=1S/C23H33N5O/c1-6-24-23(26-16-19-8-7-9-20(14-19)17-27(2)3)25-15-18-10-12-21(13-11-18)22(29)28(4)5/h7-14H,6,15-17H2,1-5H3,(H2,24,25,26). The van der Waals surface area contributed by atoms with Gasteiger partial charge in [-0.25, -0.2) is 4.99 Å². The number of guanidine groups is 1. The molecule has 0 aliphatic heterocycles. The molecular weight excluding hydrogens is 362 g/mol. The molecule has 0 radical (unpaired) electrons. The summed E-state index contributed by atoms with van der Waals surface area (Å²) in [7, 11) is 7.66. The fourth-order valence-electron chi connectivity index (χ4n) is 2.91. The van der Waals surface area contributed by atoms with Gasteiger partial charge < -0.3 is 20.4 Å². The van der Waals surface area contributed by atoms with Crippen molar-refractivity contribution >= 4 is 11.9 Å². The lowest BCUT2D eigenvalue weighted by atomic mass is 10.1. The molecule has 0 spiro atoms. The number of benzene rings is 2. The van der Waals surface area contributed by atoms with Crippen molar-refractivity contribution in [1.29, 1.82) is 0 Å². The Kier molecular flexibility index (Phi) is 8.68. The Balaban J connectivity index is 1.98. The van der Waals surface area contributed by atoms with Gasteiger partial charge >= 0.3 is 0 Å². The van der Waals surface area contributed by atoms with E-state index >= 15 is 0 Å². The van der Waals surface area contributed by atoms with E-state index < -0.39 is 0 Å². The summed E-state index contributed by atoms with van der Waals surface area (Å²) in [5.74, 6) is 0.787. The van der Waals surface area contributed by atoms with E-state index in [1.54, 1.807) is 19.0 Å². The third-order valence-electron chi connectivity index (χ3n) is 4.32. The van der Waals surface area contributed by atoms with E-state index in [9.17, 15) is 4.79 Å². The van der Waals surface area contributed by atoms with Crippen LogP contribution in [0.15, 0.2) is 53.5 Å². The number of hydrogen-bond donors (Lipinski definition) is 2. The minimum absolute atomic E-state index is 0.0101. The van der Waals surface area contributed by atoms with Gasteiger partial charge in [-0.05, 0) is 49.8 Å². The Morgan fingerprint density at radius 3 is 2.24 bits per heavy atom. The molecule has 0 heterocycles. The lowest BCUT2D eigenvalue weighted by Crippen LogP contribution is -2.36. The SMILES string of the molecule is CCNC(=NCc1cccc(CN(C)C)c1)NCc1ccc(C(=O)N(C)C)cc1. The number of nitrogens with zero attached hydrogens (tertiary/aromatic N) is 3. The molecule has 2 aromatic rings. The van der Waals surface area contributed by atoms with Crippen LogP contribution in [0.5, 0.6) is 0 Å². The summed E-state index contributed by atoms with van der Waals surface area (Å²) >= 11 is 0. The Morgan fingerprint density at radius 2 is 1.62 bits per heavy atom. The minimum Gasteiger partial charge on any atom is -0.357 e. The highest BCUT2D eigenvalue weighted by molar-refractivity contribution is 5.93. The largest absolute Gasteiger partial charge is 0.357 e. The first-order valence-corrected chi connectivity index (χ1v) is 9.94. The highest BCUT2D eigenvalue weighted by Gasteiger charge is 2.07. The van der Waals surface area contributed by atoms with E-state index in [4.69, 9.17) is 4.99 Å². The summed E-state index contributed by atoms with van der Waals surface area (Å²) in [5.41, 5.74) is 4.26. The number of carbonyl (C=O) groups is 1. The molecule has 6 nitrogen and oxygen atoms in total. The number of nitrogens with one attached hydrogen (secondary N) is 2. The zero-order valence-corrected chi connectivity index (χ0v) is 18.2. The molecule has 0 fully saturated rings. The van der Waals surface area contributed by atoms with E-state index in [1.807, 2.05) is 24.3 Å². The zero-order valence-electron chi connectivity index (χ0n) is 18.2. The van der Waals surface area contributed by atoms with E-state index in [-0.39, 0.29) is 5.91 Å². The average molecular weight is 396 g/mol. The first-order chi connectivity index (χ1) is 13.9. The fraction of sp³-hybridized carbons (Fsp3) is 0.391. The predicted octanol–water partition coefficient (Wildman–Crippen LogP) is 2.71. The maximum Gasteiger partial charge on any atom is 0.253 e. The summed E-state index contributed by atoms with van der Waals surface area (Å²) in [6.07, 6.45) is 0. The molecule has 0 aromatic heterocycles. The van der Waals surface area contributed by atoms with Crippen LogP contribution in [0.25, 0.3) is 0 Å². The van der Waals surface area contributed by atoms with Crippen molar-refractivity contribution in [3.05, 3.63) is 70.8 Å². The Hall–Kier alpha value is -2.86. The van der Waals surface area contributed by atoms with Crippen molar-refractivity contribution < 1.29 is 4.79 Å². The molecule has 29 heavy (non-hydrogen) atoms. The molecule has 0 unspecified atom stereocenters. The van der Waals surface area contributed by atoms with Crippen LogP contribution in [0.2, 0.25) is 0 Å². The molecule has 2 N–H and O–H groups in total. The van der Waals surface area contributed by atoms with Crippen LogP contribution in [-0.2, 0) is 19.6 Å². The second-order valence-corrected chi connectivity index (χ2v) is 7.50. The van der Waals surface area contributed by atoms with Crippen molar-refractivity contribution in [3.8, 4) is 0 Å². The Labute approximate surface area is 174 Å². The molecule has 0 saturated carbocycles. The van der Waals surface area contributed by atoms with Crippen LogP contribution in [0.4, 0.5) is 0 Å². The second kappa shape index (κ2) is 11.2. The third-order valence-corrected chi connectivity index (χ3v) is 4.32. The minimum atomic E-state index is 0.0101. The number of rotatable bonds is 8. The van der Waals surface area contributed by atoms with E-state index in [0.717, 1.165) is 24.6 Å². The lowest BCUT2D eigenvalue weighted by molar-refractivity contribution is 0.0827. The summed E-state index contributed by atoms with van der Waals surface area (Å²) in [6, 6.07) is 16.2. The average Bonchev–Trinajstić information content (AvgIpc) is 2.69. The highest BCUT2D eigenvalue weighted by atomic mass is 16.2. The number of amides is 1. The Bertz CT molecular complexity index is 812. The van der Waals surface area contributed by atoms with Crippen LogP contribution < -0.4 is 10.6 Å². The first kappa shape index (κ1) is 22.4. The van der Waals surface area contributed by atoms with Gasteiger partial charge in [0.2, 0.25) is 0 Å². The lowest BCUT2D eigenvalue weighted by Gasteiger charge is -2.13. The van der Waals surface area contributed by atoms with E-state index in [1.165, 1.54) is 11.1 Å². The van der Waals surface area contributed by atoms with Crippen LogP contribution in [0, 0.1) is 0 Å². The topological polar surface area (TPSA) is 60.0 Å². The molecule has 0 atom stereocenters. The number of hydrogen-bond acceptors (Lipinski definition) is 3. The molecule has 0 aliphatic carbocycles. The van der Waals surface area contributed by atoms with Gasteiger partial charge in [0.05, 0.1) is 6.54 Å². The second-order valence-electron chi connectivity index (χ2n) is 7.50. The molecule has 1 amide bonds. The van der Waals surface area contributed by atoms with Gasteiger partial charge in [0.1, 0.15) is 0 Å². The monoisotopic (exact) mass is 395 g/mol. The summed E-state index contributed by atoms with van der Waals surface area (Å²) in [4.78, 5) is 20.4. The van der Waals surface area contributed by atoms with Crippen molar-refractivity contribution in [1.82, 2.24) is 20.4 Å². The maximum atomic E-state index is 12.0. The van der Waals surface area contributed by atoms with Crippen molar-refractivity contribution in [2.75, 3.05) is 34.7 Å². The van der Waals surface area contributed by atoms with Crippen LogP contribution in [0.1, 0.15) is 34.0 Å². The van der Waals surface area contributed by atoms with Crippen molar-refractivity contribution in [3.63, 3.8) is 0 Å². The third kappa shape index (κ3) is 7.58. The van der Waals surface area contributed by atoms with Gasteiger partial charge in [-0.3, -0.25) is 4.79 Å². The van der Waals surface area contributed by atoms with Crippen LogP contribution in [0.3, 0.4) is 0 Å². The molecule has 0 bridgehead atoms. The molecule has 0 saturated heterocycles. The normalized spacial score (nSPS) is 11.4. The quantitative estimate of drug-likeness (QED) is 0.533. The summed E-state index contributed by atoms with van der Waals surface area (Å²) in [5, 5.41) is 6.65. The predicted molar refractivity (Wildman–Crippen MR) is 120 cm³/mol. The zero-order chi connectivity index (χ0) is 21.2. The first-order valence-electron chi connectivity index (χ1n) is 9.94. The number of carbonyl (C=O) groups excluding carboxylic acids is 1. The maximum absolute atomic E-state index is 12.0. The Morgan fingerprint density at radius 1 is 0.931 bits per heavy atom.